The lowest BCUT2D eigenvalue weighted by Crippen LogP contribution is -2.18. The van der Waals surface area contributed by atoms with Crippen molar-refractivity contribution < 1.29 is 8.42 Å². The molecule has 3 heterocycles. The average Bonchev–Trinajstić information content (AvgIpc) is 2.74. The van der Waals surface area contributed by atoms with Crippen LogP contribution in [0.5, 0.6) is 0 Å². The lowest BCUT2D eigenvalue weighted by Gasteiger charge is -2.12. The molecule has 0 saturated carbocycles. The Morgan fingerprint density at radius 3 is 2.62 bits per heavy atom. The van der Waals surface area contributed by atoms with Gasteiger partial charge in [0.1, 0.15) is 12.1 Å². The molecule has 0 bridgehead atoms. The van der Waals surface area contributed by atoms with E-state index in [1.807, 2.05) is 0 Å². The summed E-state index contributed by atoms with van der Waals surface area (Å²) in [6.45, 7) is 0. The number of nitrogens with zero attached hydrogens (tertiary/aromatic N) is 3. The molecule has 3 N–H and O–H groups in total. The quantitative estimate of drug-likeness (QED) is 0.461. The highest BCUT2D eigenvalue weighted by Gasteiger charge is 2.14. The summed E-state index contributed by atoms with van der Waals surface area (Å²) in [5.41, 5.74) is 1.42. The van der Waals surface area contributed by atoms with Crippen molar-refractivity contribution in [1.82, 2.24) is 24.7 Å². The molecule has 3 aromatic heterocycles. The van der Waals surface area contributed by atoms with Crippen LogP contribution in [0.25, 0.3) is 22.0 Å². The van der Waals surface area contributed by atoms with E-state index in [1.165, 1.54) is 25.5 Å². The molecule has 10 heteroatoms. The second-order valence-electron chi connectivity index (χ2n) is 6.11. The molecule has 0 atom stereocenters. The first-order valence-electron chi connectivity index (χ1n) is 8.56. The number of pyridine rings is 2. The Labute approximate surface area is 165 Å². The molecule has 4 aromatic rings. The second-order valence-corrected chi connectivity index (χ2v) is 8.00. The summed E-state index contributed by atoms with van der Waals surface area (Å²) in [7, 11) is -2.27. The monoisotopic (exact) mass is 408 g/mol. The topological polar surface area (TPSA) is 130 Å². The fourth-order valence-corrected chi connectivity index (χ4v) is 3.66. The molecule has 0 aliphatic carbocycles. The summed E-state index contributed by atoms with van der Waals surface area (Å²) in [5.74, 6) is 0.294. The van der Waals surface area contributed by atoms with Gasteiger partial charge in [0.05, 0.1) is 16.0 Å². The molecule has 0 radical (unpaired) electrons. The fraction of sp³-hybridized carbons (Fsp3) is 0.0526. The summed E-state index contributed by atoms with van der Waals surface area (Å²) < 4.78 is 26.5. The van der Waals surface area contributed by atoms with E-state index in [4.69, 9.17) is 0 Å². The number of aromatic nitrogens is 4. The molecule has 0 saturated heterocycles. The third kappa shape index (κ3) is 3.71. The second kappa shape index (κ2) is 7.41. The van der Waals surface area contributed by atoms with Gasteiger partial charge in [0.2, 0.25) is 10.0 Å². The molecule has 1 aromatic carbocycles. The number of hydrogen-bond acceptors (Lipinski definition) is 7. The summed E-state index contributed by atoms with van der Waals surface area (Å²) in [5, 5.41) is 4.10. The first-order valence-corrected chi connectivity index (χ1v) is 10.0. The van der Waals surface area contributed by atoms with E-state index >= 15 is 0 Å². The smallest absolute Gasteiger partial charge is 0.259 e. The first-order chi connectivity index (χ1) is 14.0. The van der Waals surface area contributed by atoms with E-state index < -0.39 is 10.0 Å². The van der Waals surface area contributed by atoms with Gasteiger partial charge in [-0.3, -0.25) is 4.79 Å². The van der Waals surface area contributed by atoms with Crippen LogP contribution in [0, 0.1) is 0 Å². The van der Waals surface area contributed by atoms with Crippen LogP contribution in [-0.2, 0) is 10.0 Å². The molecule has 29 heavy (non-hydrogen) atoms. The Balaban J connectivity index is 1.87. The maximum Gasteiger partial charge on any atom is 0.259 e. The lowest BCUT2D eigenvalue weighted by molar-refractivity contribution is 0.588. The van der Waals surface area contributed by atoms with Crippen LogP contribution in [0.3, 0.4) is 0 Å². The molecule has 0 spiro atoms. The third-order valence-electron chi connectivity index (χ3n) is 4.29. The standard InChI is InChI=1S/C19H16N6O3S/c1-20-29(27,28)15-4-2-3-14(8-15)24-18-17-12(5-6-23-19(17)26)7-16(25-18)13-9-21-11-22-10-13/h2-11,20H,1H3,(H,23,26)(H,24,25). The summed E-state index contributed by atoms with van der Waals surface area (Å²) in [6, 6.07) is 9.78. The van der Waals surface area contributed by atoms with E-state index in [1.54, 1.807) is 42.9 Å². The van der Waals surface area contributed by atoms with Gasteiger partial charge in [-0.25, -0.2) is 28.1 Å². The number of aromatic amines is 1. The first kappa shape index (κ1) is 18.7. The van der Waals surface area contributed by atoms with Gasteiger partial charge in [-0.1, -0.05) is 6.07 Å². The molecule has 0 aliphatic rings. The number of nitrogens with one attached hydrogen (secondary N) is 3. The molecule has 0 aliphatic heterocycles. The number of benzene rings is 1. The van der Waals surface area contributed by atoms with Gasteiger partial charge in [0, 0.05) is 29.8 Å². The Bertz CT molecular complexity index is 1350. The number of sulfonamides is 1. The van der Waals surface area contributed by atoms with Crippen molar-refractivity contribution in [3.8, 4) is 11.3 Å². The van der Waals surface area contributed by atoms with Gasteiger partial charge in [0.25, 0.3) is 5.56 Å². The minimum atomic E-state index is -3.61. The molecule has 0 unspecified atom stereocenters. The zero-order valence-corrected chi connectivity index (χ0v) is 16.1. The van der Waals surface area contributed by atoms with Gasteiger partial charge in [0.15, 0.2) is 0 Å². The van der Waals surface area contributed by atoms with E-state index in [2.05, 4.69) is 30.0 Å². The Morgan fingerprint density at radius 1 is 1.07 bits per heavy atom. The molecule has 0 amide bonds. The highest BCUT2D eigenvalue weighted by atomic mass is 32.2. The SMILES string of the molecule is CNS(=O)(=O)c1cccc(Nc2nc(-c3cncnc3)cc3cc[nH]c(=O)c23)c1. The van der Waals surface area contributed by atoms with Gasteiger partial charge in [-0.05, 0) is 42.8 Å². The minimum absolute atomic E-state index is 0.0934. The fourth-order valence-electron chi connectivity index (χ4n) is 2.88. The van der Waals surface area contributed by atoms with Gasteiger partial charge in [-0.2, -0.15) is 0 Å². The van der Waals surface area contributed by atoms with Crippen molar-refractivity contribution in [3.05, 3.63) is 71.7 Å². The molecular formula is C19H16N6O3S. The molecular weight excluding hydrogens is 392 g/mol. The van der Waals surface area contributed by atoms with Gasteiger partial charge in [-0.15, -0.1) is 0 Å². The number of rotatable bonds is 5. The lowest BCUT2D eigenvalue weighted by atomic mass is 10.1. The van der Waals surface area contributed by atoms with Crippen molar-refractivity contribution >= 4 is 32.3 Å². The number of anilines is 2. The molecule has 146 valence electrons. The summed E-state index contributed by atoms with van der Waals surface area (Å²) >= 11 is 0. The maximum absolute atomic E-state index is 12.4. The average molecular weight is 408 g/mol. The normalized spacial score (nSPS) is 11.5. The summed E-state index contributed by atoms with van der Waals surface area (Å²) in [4.78, 5) is 27.8. The van der Waals surface area contributed by atoms with Crippen molar-refractivity contribution in [2.75, 3.05) is 12.4 Å². The van der Waals surface area contributed by atoms with E-state index in [0.717, 1.165) is 0 Å². The minimum Gasteiger partial charge on any atom is -0.339 e. The molecule has 0 fully saturated rings. The highest BCUT2D eigenvalue weighted by molar-refractivity contribution is 7.89. The van der Waals surface area contributed by atoms with Crippen molar-refractivity contribution in [3.63, 3.8) is 0 Å². The van der Waals surface area contributed by atoms with Crippen molar-refractivity contribution in [2.45, 2.75) is 4.90 Å². The largest absolute Gasteiger partial charge is 0.339 e. The van der Waals surface area contributed by atoms with E-state index in [9.17, 15) is 13.2 Å². The van der Waals surface area contributed by atoms with Crippen LogP contribution < -0.4 is 15.6 Å². The van der Waals surface area contributed by atoms with E-state index in [-0.39, 0.29) is 10.5 Å². The van der Waals surface area contributed by atoms with Crippen LogP contribution in [0.15, 0.2) is 71.0 Å². The van der Waals surface area contributed by atoms with Crippen LogP contribution in [0.1, 0.15) is 0 Å². The number of fused-ring (bicyclic) bond motifs is 1. The van der Waals surface area contributed by atoms with Crippen LogP contribution in [-0.4, -0.2) is 35.4 Å². The Morgan fingerprint density at radius 2 is 1.86 bits per heavy atom. The molecule has 9 nitrogen and oxygen atoms in total. The predicted molar refractivity (Wildman–Crippen MR) is 109 cm³/mol. The van der Waals surface area contributed by atoms with Crippen LogP contribution >= 0.6 is 0 Å². The Hall–Kier alpha value is -3.63. The van der Waals surface area contributed by atoms with Crippen molar-refractivity contribution in [1.29, 1.82) is 0 Å². The summed E-state index contributed by atoms with van der Waals surface area (Å²) in [6.07, 6.45) is 6.22. The van der Waals surface area contributed by atoms with Gasteiger partial charge >= 0.3 is 0 Å². The van der Waals surface area contributed by atoms with Gasteiger partial charge < -0.3 is 10.3 Å². The zero-order chi connectivity index (χ0) is 20.4. The Kier molecular flexibility index (Phi) is 4.79. The van der Waals surface area contributed by atoms with Crippen LogP contribution in [0.2, 0.25) is 0 Å². The predicted octanol–water partition coefficient (Wildman–Crippen LogP) is 2.03. The van der Waals surface area contributed by atoms with Crippen LogP contribution in [0.4, 0.5) is 11.5 Å². The maximum atomic E-state index is 12.4. The third-order valence-corrected chi connectivity index (χ3v) is 5.70. The number of hydrogen-bond donors (Lipinski definition) is 3. The van der Waals surface area contributed by atoms with Crippen molar-refractivity contribution in [2.24, 2.45) is 0 Å². The van der Waals surface area contributed by atoms with E-state index in [0.29, 0.717) is 33.5 Å². The number of H-pyrrole nitrogens is 1. The zero-order valence-electron chi connectivity index (χ0n) is 15.2. The highest BCUT2D eigenvalue weighted by Crippen LogP contribution is 2.27. The molecule has 4 rings (SSSR count).